The van der Waals surface area contributed by atoms with E-state index in [0.29, 0.717) is 11.7 Å². The zero-order chi connectivity index (χ0) is 22.8. The standard InChI is InChI=1S/C24H29N3O3S2/c1-5-19-16(4)32-22-21(19)23(29)27(12-18-7-6-8-30-18)24(26-22)31-13-20(28)25-17-10-14(2)9-15(3)11-17/h9-11,18H,5-8,12-13H2,1-4H3,(H,25,28). The average Bonchev–Trinajstić information content (AvgIpc) is 3.34. The van der Waals surface area contributed by atoms with Gasteiger partial charge in [-0.25, -0.2) is 4.98 Å². The van der Waals surface area contributed by atoms with Crippen LogP contribution in [0.5, 0.6) is 0 Å². The second-order valence-electron chi connectivity index (χ2n) is 8.33. The highest BCUT2D eigenvalue weighted by molar-refractivity contribution is 7.99. The van der Waals surface area contributed by atoms with Crippen molar-refractivity contribution < 1.29 is 9.53 Å². The lowest BCUT2D eigenvalue weighted by Crippen LogP contribution is -2.29. The maximum Gasteiger partial charge on any atom is 0.263 e. The number of carbonyl (C=O) groups is 1. The van der Waals surface area contributed by atoms with Crippen molar-refractivity contribution in [2.24, 2.45) is 0 Å². The van der Waals surface area contributed by atoms with Crippen LogP contribution in [-0.2, 0) is 22.5 Å². The Morgan fingerprint density at radius 2 is 2.03 bits per heavy atom. The molecule has 170 valence electrons. The van der Waals surface area contributed by atoms with E-state index in [0.717, 1.165) is 63.3 Å². The molecule has 1 atom stereocenters. The number of anilines is 1. The van der Waals surface area contributed by atoms with E-state index in [-0.39, 0.29) is 23.3 Å². The molecule has 4 rings (SSSR count). The number of nitrogens with one attached hydrogen (secondary N) is 1. The number of fused-ring (bicyclic) bond motifs is 1. The summed E-state index contributed by atoms with van der Waals surface area (Å²) in [5, 5.41) is 4.26. The van der Waals surface area contributed by atoms with Gasteiger partial charge in [-0.3, -0.25) is 14.2 Å². The Labute approximate surface area is 196 Å². The van der Waals surface area contributed by atoms with E-state index in [9.17, 15) is 9.59 Å². The summed E-state index contributed by atoms with van der Waals surface area (Å²) in [6.07, 6.45) is 2.76. The number of carbonyl (C=O) groups excluding carboxylic acids is 1. The summed E-state index contributed by atoms with van der Waals surface area (Å²) in [7, 11) is 0. The Bertz CT molecular complexity index is 1190. The van der Waals surface area contributed by atoms with Crippen LogP contribution in [0.1, 0.15) is 41.3 Å². The van der Waals surface area contributed by atoms with Crippen molar-refractivity contribution in [2.45, 2.75) is 64.8 Å². The molecule has 8 heteroatoms. The van der Waals surface area contributed by atoms with Crippen LogP contribution in [0.3, 0.4) is 0 Å². The maximum atomic E-state index is 13.5. The summed E-state index contributed by atoms with van der Waals surface area (Å²) in [5.74, 6) is 0.0659. The molecule has 3 aromatic rings. The fourth-order valence-electron chi connectivity index (χ4n) is 4.29. The van der Waals surface area contributed by atoms with Gasteiger partial charge < -0.3 is 10.1 Å². The zero-order valence-corrected chi connectivity index (χ0v) is 20.6. The minimum Gasteiger partial charge on any atom is -0.376 e. The first-order chi connectivity index (χ1) is 15.4. The van der Waals surface area contributed by atoms with Gasteiger partial charge >= 0.3 is 0 Å². The predicted molar refractivity (Wildman–Crippen MR) is 132 cm³/mol. The summed E-state index contributed by atoms with van der Waals surface area (Å²) in [4.78, 5) is 32.9. The number of rotatable bonds is 7. The maximum absolute atomic E-state index is 13.5. The summed E-state index contributed by atoms with van der Waals surface area (Å²) in [5.41, 5.74) is 4.04. The Hall–Kier alpha value is -2.16. The molecule has 0 radical (unpaired) electrons. The Morgan fingerprint density at radius 1 is 1.28 bits per heavy atom. The third kappa shape index (κ3) is 4.92. The molecule has 1 aromatic carbocycles. The van der Waals surface area contributed by atoms with E-state index in [1.54, 1.807) is 15.9 Å². The molecule has 1 amide bonds. The van der Waals surface area contributed by atoms with Gasteiger partial charge in [0.1, 0.15) is 4.83 Å². The van der Waals surface area contributed by atoms with Gasteiger partial charge in [0.05, 0.1) is 23.8 Å². The number of amides is 1. The summed E-state index contributed by atoms with van der Waals surface area (Å²) >= 11 is 2.86. The van der Waals surface area contributed by atoms with Crippen LogP contribution < -0.4 is 10.9 Å². The van der Waals surface area contributed by atoms with Crippen LogP contribution in [0.4, 0.5) is 5.69 Å². The SMILES string of the molecule is CCc1c(C)sc2nc(SCC(=O)Nc3cc(C)cc(C)c3)n(CC3CCCO3)c(=O)c12. The monoisotopic (exact) mass is 471 g/mol. The van der Waals surface area contributed by atoms with E-state index in [1.165, 1.54) is 11.8 Å². The van der Waals surface area contributed by atoms with Crippen LogP contribution in [0.15, 0.2) is 28.2 Å². The first-order valence-corrected chi connectivity index (χ1v) is 12.8. The molecule has 1 aliphatic rings. The molecule has 32 heavy (non-hydrogen) atoms. The molecular weight excluding hydrogens is 442 g/mol. The second-order valence-corrected chi connectivity index (χ2v) is 10.5. The largest absolute Gasteiger partial charge is 0.376 e. The van der Waals surface area contributed by atoms with Crippen LogP contribution >= 0.6 is 23.1 Å². The number of thiophene rings is 1. The van der Waals surface area contributed by atoms with Crippen molar-refractivity contribution in [3.05, 3.63) is 50.1 Å². The average molecular weight is 472 g/mol. The van der Waals surface area contributed by atoms with Gasteiger partial charge in [0.15, 0.2) is 5.16 Å². The van der Waals surface area contributed by atoms with Crippen molar-refractivity contribution >= 4 is 44.9 Å². The molecular formula is C24H29N3O3S2. The molecule has 0 saturated carbocycles. The molecule has 0 spiro atoms. The third-order valence-electron chi connectivity index (χ3n) is 5.68. The first-order valence-electron chi connectivity index (χ1n) is 11.0. The normalized spacial score (nSPS) is 16.1. The minimum atomic E-state index is -0.116. The van der Waals surface area contributed by atoms with Crippen molar-refractivity contribution in [2.75, 3.05) is 17.7 Å². The third-order valence-corrected chi connectivity index (χ3v) is 7.70. The van der Waals surface area contributed by atoms with Crippen molar-refractivity contribution in [1.82, 2.24) is 9.55 Å². The number of hydrogen-bond donors (Lipinski definition) is 1. The van der Waals surface area contributed by atoms with Crippen LogP contribution in [-0.4, -0.2) is 33.9 Å². The van der Waals surface area contributed by atoms with Gasteiger partial charge in [-0.15, -0.1) is 11.3 Å². The Balaban J connectivity index is 1.61. The van der Waals surface area contributed by atoms with Gasteiger partial charge in [-0.1, -0.05) is 24.8 Å². The van der Waals surface area contributed by atoms with Crippen molar-refractivity contribution in [1.29, 1.82) is 0 Å². The number of thioether (sulfide) groups is 1. The molecule has 0 bridgehead atoms. The van der Waals surface area contributed by atoms with Crippen molar-refractivity contribution in [3.8, 4) is 0 Å². The highest BCUT2D eigenvalue weighted by Crippen LogP contribution is 2.30. The molecule has 1 aliphatic heterocycles. The van der Waals surface area contributed by atoms with Crippen LogP contribution in [0.2, 0.25) is 0 Å². The molecule has 1 unspecified atom stereocenters. The van der Waals surface area contributed by atoms with Crippen LogP contribution in [0, 0.1) is 20.8 Å². The Kier molecular flexibility index (Phi) is 7.02. The predicted octanol–water partition coefficient (Wildman–Crippen LogP) is 4.86. The van der Waals surface area contributed by atoms with E-state index in [1.807, 2.05) is 32.9 Å². The number of aryl methyl sites for hydroxylation is 4. The minimum absolute atomic E-state index is 0.0141. The van der Waals surface area contributed by atoms with Gasteiger partial charge in [-0.05, 0) is 68.9 Å². The summed E-state index contributed by atoms with van der Waals surface area (Å²) < 4.78 is 7.51. The molecule has 2 aromatic heterocycles. The van der Waals surface area contributed by atoms with Gasteiger partial charge in [-0.2, -0.15) is 0 Å². The lowest BCUT2D eigenvalue weighted by Gasteiger charge is -2.16. The van der Waals surface area contributed by atoms with Gasteiger partial charge in [0.2, 0.25) is 5.91 Å². The quantitative estimate of drug-likeness (QED) is 0.394. The number of ether oxygens (including phenoxy) is 1. The molecule has 6 nitrogen and oxygen atoms in total. The van der Waals surface area contributed by atoms with E-state index in [2.05, 4.69) is 18.3 Å². The number of hydrogen-bond acceptors (Lipinski definition) is 6. The van der Waals surface area contributed by atoms with E-state index >= 15 is 0 Å². The van der Waals surface area contributed by atoms with Crippen LogP contribution in [0.25, 0.3) is 10.2 Å². The lowest BCUT2D eigenvalue weighted by molar-refractivity contribution is -0.113. The molecule has 0 aliphatic carbocycles. The fraction of sp³-hybridized carbons (Fsp3) is 0.458. The van der Waals surface area contributed by atoms with Gasteiger partial charge in [0.25, 0.3) is 5.56 Å². The number of aromatic nitrogens is 2. The summed E-state index contributed by atoms with van der Waals surface area (Å²) in [6.45, 7) is 9.33. The second kappa shape index (κ2) is 9.77. The van der Waals surface area contributed by atoms with E-state index < -0.39 is 0 Å². The number of nitrogens with zero attached hydrogens (tertiary/aromatic N) is 2. The Morgan fingerprint density at radius 3 is 2.69 bits per heavy atom. The van der Waals surface area contributed by atoms with Crippen molar-refractivity contribution in [3.63, 3.8) is 0 Å². The smallest absolute Gasteiger partial charge is 0.263 e. The summed E-state index contributed by atoms with van der Waals surface area (Å²) in [6, 6.07) is 5.97. The molecule has 1 N–H and O–H groups in total. The first kappa shape index (κ1) is 23.0. The highest BCUT2D eigenvalue weighted by atomic mass is 32.2. The molecule has 1 saturated heterocycles. The van der Waals surface area contributed by atoms with E-state index in [4.69, 9.17) is 9.72 Å². The molecule has 3 heterocycles. The fourth-order valence-corrected chi connectivity index (χ4v) is 6.26. The van der Waals surface area contributed by atoms with Gasteiger partial charge in [0, 0.05) is 17.2 Å². The topological polar surface area (TPSA) is 73.2 Å². The molecule has 1 fully saturated rings. The number of benzene rings is 1. The lowest BCUT2D eigenvalue weighted by atomic mass is 10.1. The zero-order valence-electron chi connectivity index (χ0n) is 19.0. The highest BCUT2D eigenvalue weighted by Gasteiger charge is 2.23.